The maximum Gasteiger partial charge on any atom is 0.239 e. The Morgan fingerprint density at radius 3 is 2.61 bits per heavy atom. The highest BCUT2D eigenvalue weighted by atomic mass is 79.9. The number of rotatable bonds is 4. The van der Waals surface area contributed by atoms with E-state index < -0.39 is 9.84 Å². The number of hydrogen-bond donors (Lipinski definition) is 2. The minimum atomic E-state index is -3.00. The Morgan fingerprint density at radius 2 is 1.96 bits per heavy atom. The minimum Gasteiger partial charge on any atom is -0.486 e. The molecule has 0 unspecified atom stereocenters. The van der Waals surface area contributed by atoms with Crippen LogP contribution in [-0.2, 0) is 14.6 Å². The molecule has 2 N–H and O–H groups in total. The summed E-state index contributed by atoms with van der Waals surface area (Å²) < 4.78 is 34.5. The van der Waals surface area contributed by atoms with Gasteiger partial charge in [-0.15, -0.1) is 0 Å². The van der Waals surface area contributed by atoms with Gasteiger partial charge in [0.05, 0.1) is 23.7 Å². The minimum absolute atomic E-state index is 0.0203. The summed E-state index contributed by atoms with van der Waals surface area (Å²) in [6, 6.07) is 3.27. The summed E-state index contributed by atoms with van der Waals surface area (Å²) in [6.07, 6.45) is 0.474. The Bertz CT molecular complexity index is 722. The van der Waals surface area contributed by atoms with Crippen molar-refractivity contribution in [2.45, 2.75) is 12.5 Å². The molecule has 7 nitrogen and oxygen atoms in total. The average molecular weight is 405 g/mol. The van der Waals surface area contributed by atoms with Gasteiger partial charge in [-0.2, -0.15) is 0 Å². The van der Waals surface area contributed by atoms with Gasteiger partial charge < -0.3 is 20.1 Å². The van der Waals surface area contributed by atoms with Crippen molar-refractivity contribution in [1.82, 2.24) is 5.32 Å². The number of carbonyl (C=O) groups excluding carboxylic acids is 1. The lowest BCUT2D eigenvalue weighted by Gasteiger charge is -2.20. The molecule has 1 fully saturated rings. The van der Waals surface area contributed by atoms with Crippen molar-refractivity contribution in [2.24, 2.45) is 0 Å². The lowest BCUT2D eigenvalue weighted by molar-refractivity contribution is -0.119. The van der Waals surface area contributed by atoms with E-state index in [1.165, 1.54) is 0 Å². The molecule has 0 aromatic heterocycles. The van der Waals surface area contributed by atoms with Gasteiger partial charge >= 0.3 is 0 Å². The van der Waals surface area contributed by atoms with Crippen LogP contribution in [0.4, 0.5) is 5.69 Å². The van der Waals surface area contributed by atoms with E-state index in [0.29, 0.717) is 36.8 Å². The Labute approximate surface area is 142 Å². The molecule has 2 aliphatic rings. The van der Waals surface area contributed by atoms with E-state index in [1.807, 2.05) is 0 Å². The quantitative estimate of drug-likeness (QED) is 0.775. The number of halogens is 1. The van der Waals surface area contributed by atoms with Gasteiger partial charge in [-0.25, -0.2) is 8.42 Å². The number of nitrogens with one attached hydrogen (secondary N) is 2. The maximum atomic E-state index is 11.9. The van der Waals surface area contributed by atoms with E-state index in [9.17, 15) is 13.2 Å². The molecule has 1 aromatic rings. The summed E-state index contributed by atoms with van der Waals surface area (Å²) in [5, 5.41) is 5.75. The van der Waals surface area contributed by atoms with Crippen LogP contribution in [0, 0.1) is 0 Å². The van der Waals surface area contributed by atoms with E-state index in [-0.39, 0.29) is 30.0 Å². The largest absolute Gasteiger partial charge is 0.486 e. The third-order valence-electron chi connectivity index (χ3n) is 3.67. The molecule has 1 saturated heterocycles. The molecule has 1 atom stereocenters. The van der Waals surface area contributed by atoms with Crippen LogP contribution in [0.15, 0.2) is 16.6 Å². The van der Waals surface area contributed by atoms with Gasteiger partial charge in [-0.05, 0) is 22.4 Å². The second-order valence-electron chi connectivity index (χ2n) is 5.50. The van der Waals surface area contributed by atoms with Crippen LogP contribution in [0.3, 0.4) is 0 Å². The Balaban J connectivity index is 1.57. The molecule has 0 aliphatic carbocycles. The van der Waals surface area contributed by atoms with Gasteiger partial charge in [-0.3, -0.25) is 4.79 Å². The number of carbonyl (C=O) groups is 1. The number of ether oxygens (including phenoxy) is 2. The topological polar surface area (TPSA) is 93.7 Å². The molecule has 3 rings (SSSR count). The predicted octanol–water partition coefficient (Wildman–Crippen LogP) is 0.935. The van der Waals surface area contributed by atoms with E-state index in [0.717, 1.165) is 4.47 Å². The highest BCUT2D eigenvalue weighted by Gasteiger charge is 2.28. The van der Waals surface area contributed by atoms with Crippen molar-refractivity contribution in [3.05, 3.63) is 16.6 Å². The SMILES string of the molecule is O=C(CNc1cc2c(cc1Br)OCCO2)N[C@H]1CCS(=O)(=O)C1. The fourth-order valence-electron chi connectivity index (χ4n) is 2.56. The normalized spacial score (nSPS) is 21.7. The zero-order valence-electron chi connectivity index (χ0n) is 12.3. The fourth-order valence-corrected chi connectivity index (χ4v) is 4.70. The molecule has 0 saturated carbocycles. The fraction of sp³-hybridized carbons (Fsp3) is 0.500. The summed E-state index contributed by atoms with van der Waals surface area (Å²) >= 11 is 3.42. The van der Waals surface area contributed by atoms with E-state index >= 15 is 0 Å². The van der Waals surface area contributed by atoms with Crippen molar-refractivity contribution in [3.8, 4) is 11.5 Å². The van der Waals surface area contributed by atoms with Crippen molar-refractivity contribution >= 4 is 37.4 Å². The first-order valence-corrected chi connectivity index (χ1v) is 9.87. The number of benzene rings is 1. The third kappa shape index (κ3) is 4.08. The predicted molar refractivity (Wildman–Crippen MR) is 88.8 cm³/mol. The number of sulfone groups is 1. The van der Waals surface area contributed by atoms with Crippen LogP contribution in [0.25, 0.3) is 0 Å². The molecule has 9 heteroatoms. The third-order valence-corrected chi connectivity index (χ3v) is 6.09. The zero-order valence-corrected chi connectivity index (χ0v) is 14.7. The first-order valence-electron chi connectivity index (χ1n) is 7.26. The average Bonchev–Trinajstić information content (AvgIpc) is 2.84. The second kappa shape index (κ2) is 6.56. The van der Waals surface area contributed by atoms with Gasteiger partial charge in [0.15, 0.2) is 21.3 Å². The molecule has 1 aromatic carbocycles. The Hall–Kier alpha value is -1.48. The second-order valence-corrected chi connectivity index (χ2v) is 8.58. The van der Waals surface area contributed by atoms with Crippen molar-refractivity contribution < 1.29 is 22.7 Å². The lowest BCUT2D eigenvalue weighted by Crippen LogP contribution is -2.39. The standard InChI is InChI=1S/C14H17BrN2O5S/c15-10-5-12-13(22-3-2-21-12)6-11(10)16-7-14(18)17-9-1-4-23(19,20)8-9/h5-6,9,16H,1-4,7-8H2,(H,17,18)/t9-/m0/s1. The molecule has 0 bridgehead atoms. The van der Waals surface area contributed by atoms with Crippen LogP contribution in [0.5, 0.6) is 11.5 Å². The van der Waals surface area contributed by atoms with Crippen LogP contribution >= 0.6 is 15.9 Å². The van der Waals surface area contributed by atoms with Gasteiger partial charge in [0.2, 0.25) is 5.91 Å². The van der Waals surface area contributed by atoms with Gasteiger partial charge in [0, 0.05) is 22.6 Å². The van der Waals surface area contributed by atoms with E-state index in [1.54, 1.807) is 12.1 Å². The summed E-state index contributed by atoms with van der Waals surface area (Å²) in [5.74, 6) is 1.21. The summed E-state index contributed by atoms with van der Waals surface area (Å²) in [5.41, 5.74) is 0.712. The highest BCUT2D eigenvalue weighted by Crippen LogP contribution is 2.37. The first kappa shape index (κ1) is 16.4. The van der Waals surface area contributed by atoms with E-state index in [4.69, 9.17) is 9.47 Å². The highest BCUT2D eigenvalue weighted by molar-refractivity contribution is 9.10. The molecule has 2 aliphatic heterocycles. The smallest absolute Gasteiger partial charge is 0.239 e. The number of amides is 1. The summed E-state index contributed by atoms with van der Waals surface area (Å²) in [6.45, 7) is 1.05. The monoisotopic (exact) mass is 404 g/mol. The molecule has 0 radical (unpaired) electrons. The van der Waals surface area contributed by atoms with E-state index in [2.05, 4.69) is 26.6 Å². The van der Waals surface area contributed by atoms with Gasteiger partial charge in [0.25, 0.3) is 0 Å². The Morgan fingerprint density at radius 1 is 1.26 bits per heavy atom. The zero-order chi connectivity index (χ0) is 16.4. The molecule has 23 heavy (non-hydrogen) atoms. The van der Waals surface area contributed by atoms with Crippen LogP contribution < -0.4 is 20.1 Å². The van der Waals surface area contributed by atoms with Gasteiger partial charge in [0.1, 0.15) is 13.2 Å². The first-order chi connectivity index (χ1) is 10.9. The summed E-state index contributed by atoms with van der Waals surface area (Å²) in [7, 11) is -3.00. The molecular formula is C14H17BrN2O5S. The maximum absolute atomic E-state index is 11.9. The molecule has 1 amide bonds. The van der Waals surface area contributed by atoms with Crippen molar-refractivity contribution in [2.75, 3.05) is 36.6 Å². The number of hydrogen-bond acceptors (Lipinski definition) is 6. The number of anilines is 1. The molecular weight excluding hydrogens is 388 g/mol. The van der Waals surface area contributed by atoms with Crippen LogP contribution in [0.2, 0.25) is 0 Å². The molecule has 0 spiro atoms. The number of fused-ring (bicyclic) bond motifs is 1. The van der Waals surface area contributed by atoms with Crippen molar-refractivity contribution in [3.63, 3.8) is 0 Å². The van der Waals surface area contributed by atoms with Gasteiger partial charge in [-0.1, -0.05) is 0 Å². The van der Waals surface area contributed by atoms with Crippen molar-refractivity contribution in [1.29, 1.82) is 0 Å². The lowest BCUT2D eigenvalue weighted by atomic mass is 10.2. The van der Waals surface area contributed by atoms with Crippen LogP contribution in [-0.4, -0.2) is 51.6 Å². The van der Waals surface area contributed by atoms with Crippen LogP contribution in [0.1, 0.15) is 6.42 Å². The summed E-state index contributed by atoms with van der Waals surface area (Å²) in [4.78, 5) is 11.9. The molecule has 2 heterocycles. The molecule has 126 valence electrons. The Kier molecular flexibility index (Phi) is 4.67.